The number of esters is 1. The zero-order valence-corrected chi connectivity index (χ0v) is 17.3. The largest absolute Gasteiger partial charge is 0.466 e. The molecule has 26 heavy (non-hydrogen) atoms. The second-order valence-corrected chi connectivity index (χ2v) is 6.77. The van der Waals surface area contributed by atoms with Gasteiger partial charge in [-0.05, 0) is 25.7 Å². The monoisotopic (exact) mass is 360 g/mol. The van der Waals surface area contributed by atoms with Crippen LogP contribution >= 0.6 is 0 Å². The van der Waals surface area contributed by atoms with Crippen LogP contribution in [-0.2, 0) is 9.53 Å². The number of rotatable bonds is 15. The SMILES string of the molecule is CCC#CCCCCCCCCOC(=O)CCCCCCCC#CCC. The fourth-order valence-corrected chi connectivity index (χ4v) is 2.72. The van der Waals surface area contributed by atoms with Gasteiger partial charge in [-0.25, -0.2) is 0 Å². The summed E-state index contributed by atoms with van der Waals surface area (Å²) in [6, 6.07) is 0. The van der Waals surface area contributed by atoms with Gasteiger partial charge in [0.25, 0.3) is 0 Å². The van der Waals surface area contributed by atoms with Crippen molar-refractivity contribution < 1.29 is 9.53 Å². The first-order valence-corrected chi connectivity index (χ1v) is 10.9. The second kappa shape index (κ2) is 21.6. The van der Waals surface area contributed by atoms with E-state index in [9.17, 15) is 4.79 Å². The van der Waals surface area contributed by atoms with Crippen molar-refractivity contribution >= 4 is 5.97 Å². The summed E-state index contributed by atoms with van der Waals surface area (Å²) in [7, 11) is 0. The maximum Gasteiger partial charge on any atom is 0.305 e. The Morgan fingerprint density at radius 1 is 0.615 bits per heavy atom. The molecule has 0 heterocycles. The quantitative estimate of drug-likeness (QED) is 0.182. The van der Waals surface area contributed by atoms with Gasteiger partial charge < -0.3 is 4.74 Å². The van der Waals surface area contributed by atoms with E-state index in [1.165, 1.54) is 44.9 Å². The predicted octanol–water partition coefficient (Wildman–Crippen LogP) is 6.82. The van der Waals surface area contributed by atoms with Gasteiger partial charge in [0.1, 0.15) is 0 Å². The van der Waals surface area contributed by atoms with Crippen LogP contribution in [0.2, 0.25) is 0 Å². The van der Waals surface area contributed by atoms with Crippen LogP contribution < -0.4 is 0 Å². The van der Waals surface area contributed by atoms with Crippen molar-refractivity contribution in [2.45, 2.75) is 117 Å². The molecule has 0 saturated heterocycles. The van der Waals surface area contributed by atoms with E-state index < -0.39 is 0 Å². The van der Waals surface area contributed by atoms with Crippen LogP contribution in [0, 0.1) is 23.7 Å². The Hall–Kier alpha value is -1.41. The lowest BCUT2D eigenvalue weighted by molar-refractivity contribution is -0.143. The van der Waals surface area contributed by atoms with E-state index in [-0.39, 0.29) is 5.97 Å². The maximum absolute atomic E-state index is 11.7. The molecule has 0 aromatic carbocycles. The normalized spacial score (nSPS) is 9.77. The van der Waals surface area contributed by atoms with Crippen molar-refractivity contribution in [3.8, 4) is 23.7 Å². The molecular weight excluding hydrogens is 320 g/mol. The lowest BCUT2D eigenvalue weighted by Gasteiger charge is -2.05. The summed E-state index contributed by atoms with van der Waals surface area (Å²) >= 11 is 0. The Balaban J connectivity index is 3.22. The molecule has 148 valence electrons. The molecule has 0 saturated carbocycles. The van der Waals surface area contributed by atoms with Gasteiger partial charge in [0.05, 0.1) is 6.61 Å². The zero-order chi connectivity index (χ0) is 19.1. The zero-order valence-electron chi connectivity index (χ0n) is 17.3. The Morgan fingerprint density at radius 3 is 1.62 bits per heavy atom. The highest BCUT2D eigenvalue weighted by Gasteiger charge is 2.02. The van der Waals surface area contributed by atoms with Gasteiger partial charge in [-0.15, -0.1) is 23.7 Å². The third-order valence-corrected chi connectivity index (χ3v) is 4.25. The Kier molecular flexibility index (Phi) is 20.5. The fraction of sp³-hybridized carbons (Fsp3) is 0.792. The van der Waals surface area contributed by atoms with Crippen LogP contribution in [-0.4, -0.2) is 12.6 Å². The van der Waals surface area contributed by atoms with Crippen LogP contribution in [0.25, 0.3) is 0 Å². The molecule has 0 spiro atoms. The average Bonchev–Trinajstić information content (AvgIpc) is 2.64. The van der Waals surface area contributed by atoms with Gasteiger partial charge in [0.2, 0.25) is 0 Å². The van der Waals surface area contributed by atoms with E-state index in [4.69, 9.17) is 4.74 Å². The molecule has 0 rings (SSSR count). The molecule has 0 aromatic heterocycles. The summed E-state index contributed by atoms with van der Waals surface area (Å²) in [5.41, 5.74) is 0. The van der Waals surface area contributed by atoms with Crippen LogP contribution in [0.1, 0.15) is 117 Å². The first kappa shape index (κ1) is 24.6. The van der Waals surface area contributed by atoms with Crippen LogP contribution in [0.3, 0.4) is 0 Å². The van der Waals surface area contributed by atoms with E-state index in [2.05, 4.69) is 37.5 Å². The highest BCUT2D eigenvalue weighted by Crippen LogP contribution is 2.09. The molecule has 0 aliphatic carbocycles. The summed E-state index contributed by atoms with van der Waals surface area (Å²) in [5.74, 6) is 12.5. The van der Waals surface area contributed by atoms with Crippen molar-refractivity contribution in [2.24, 2.45) is 0 Å². The summed E-state index contributed by atoms with van der Waals surface area (Å²) in [6.07, 6.45) is 17.4. The Morgan fingerprint density at radius 2 is 1.08 bits per heavy atom. The van der Waals surface area contributed by atoms with Crippen molar-refractivity contribution in [3.63, 3.8) is 0 Å². The molecule has 2 nitrogen and oxygen atoms in total. The smallest absolute Gasteiger partial charge is 0.305 e. The lowest BCUT2D eigenvalue weighted by atomic mass is 10.1. The van der Waals surface area contributed by atoms with E-state index in [1.807, 2.05) is 0 Å². The number of hydrogen-bond acceptors (Lipinski definition) is 2. The van der Waals surface area contributed by atoms with E-state index in [1.54, 1.807) is 0 Å². The molecule has 0 unspecified atom stereocenters. The lowest BCUT2D eigenvalue weighted by Crippen LogP contribution is -2.05. The van der Waals surface area contributed by atoms with Gasteiger partial charge in [-0.2, -0.15) is 0 Å². The minimum Gasteiger partial charge on any atom is -0.466 e. The summed E-state index contributed by atoms with van der Waals surface area (Å²) in [5, 5.41) is 0. The molecule has 0 fully saturated rings. The molecule has 2 heteroatoms. The molecule has 0 aliphatic heterocycles. The van der Waals surface area contributed by atoms with Crippen molar-refractivity contribution in [1.82, 2.24) is 0 Å². The highest BCUT2D eigenvalue weighted by molar-refractivity contribution is 5.69. The minimum atomic E-state index is -0.0201. The van der Waals surface area contributed by atoms with E-state index >= 15 is 0 Å². The van der Waals surface area contributed by atoms with Gasteiger partial charge in [-0.3, -0.25) is 4.79 Å². The van der Waals surface area contributed by atoms with Crippen LogP contribution in [0.4, 0.5) is 0 Å². The first-order valence-electron chi connectivity index (χ1n) is 10.9. The Labute approximate surface area is 162 Å². The summed E-state index contributed by atoms with van der Waals surface area (Å²) in [4.78, 5) is 11.7. The molecule has 0 aromatic rings. The van der Waals surface area contributed by atoms with Crippen molar-refractivity contribution in [3.05, 3.63) is 0 Å². The summed E-state index contributed by atoms with van der Waals surface area (Å²) < 4.78 is 5.31. The third kappa shape index (κ3) is 20.6. The predicted molar refractivity (Wildman–Crippen MR) is 112 cm³/mol. The molecule has 0 radical (unpaired) electrons. The molecule has 0 N–H and O–H groups in total. The van der Waals surface area contributed by atoms with Crippen LogP contribution in [0.15, 0.2) is 0 Å². The number of carbonyl (C=O) groups is 1. The van der Waals surface area contributed by atoms with Crippen molar-refractivity contribution in [1.29, 1.82) is 0 Å². The molecular formula is C24H40O2. The maximum atomic E-state index is 11.7. The molecule has 0 amide bonds. The van der Waals surface area contributed by atoms with Crippen LogP contribution in [0.5, 0.6) is 0 Å². The Bertz CT molecular complexity index is 431. The topological polar surface area (TPSA) is 26.3 Å². The van der Waals surface area contributed by atoms with E-state index in [0.29, 0.717) is 13.0 Å². The number of carbonyl (C=O) groups excluding carboxylic acids is 1. The van der Waals surface area contributed by atoms with E-state index in [0.717, 1.165) is 51.4 Å². The van der Waals surface area contributed by atoms with Gasteiger partial charge in [-0.1, -0.05) is 58.8 Å². The second-order valence-electron chi connectivity index (χ2n) is 6.77. The van der Waals surface area contributed by atoms with Gasteiger partial charge in [0.15, 0.2) is 0 Å². The third-order valence-electron chi connectivity index (χ3n) is 4.25. The molecule has 0 aliphatic rings. The van der Waals surface area contributed by atoms with Crippen molar-refractivity contribution in [2.75, 3.05) is 6.61 Å². The van der Waals surface area contributed by atoms with Gasteiger partial charge in [0, 0.05) is 32.1 Å². The fourth-order valence-electron chi connectivity index (χ4n) is 2.72. The standard InChI is InChI=1S/C24H40O2/c1-3-5-7-9-11-13-15-17-19-21-23-26-24(25)22-20-18-16-14-12-10-8-6-4-2/h3-4,9-23H2,1-2H3. The molecule has 0 bridgehead atoms. The first-order chi connectivity index (χ1) is 12.8. The van der Waals surface area contributed by atoms with Gasteiger partial charge >= 0.3 is 5.97 Å². The number of hydrogen-bond donors (Lipinski definition) is 0. The average molecular weight is 361 g/mol. The minimum absolute atomic E-state index is 0.0201. The highest BCUT2D eigenvalue weighted by atomic mass is 16.5. The molecule has 0 atom stereocenters. The summed E-state index contributed by atoms with van der Waals surface area (Å²) in [6.45, 7) is 4.77. The number of ether oxygens (including phenoxy) is 1. The number of unbranched alkanes of at least 4 members (excludes halogenated alkanes) is 11.